The minimum Gasteiger partial charge on any atom is -0.380 e. The van der Waals surface area contributed by atoms with Gasteiger partial charge in [-0.25, -0.2) is 9.97 Å². The molecule has 2 atom stereocenters. The topological polar surface area (TPSA) is 80.6 Å². The number of piperidine rings is 1. The van der Waals surface area contributed by atoms with E-state index in [2.05, 4.69) is 49.6 Å². The van der Waals surface area contributed by atoms with E-state index < -0.39 is 0 Å². The van der Waals surface area contributed by atoms with Gasteiger partial charge in [-0.1, -0.05) is 6.92 Å². The lowest BCUT2D eigenvalue weighted by Gasteiger charge is -2.37. The van der Waals surface area contributed by atoms with Gasteiger partial charge < -0.3 is 15.2 Å². The number of aromatic nitrogens is 3. The molecule has 7 heteroatoms. The van der Waals surface area contributed by atoms with Gasteiger partial charge in [-0.2, -0.15) is 5.26 Å². The summed E-state index contributed by atoms with van der Waals surface area (Å²) in [5.41, 5.74) is 4.08. The summed E-state index contributed by atoms with van der Waals surface area (Å²) in [5.74, 6) is 0.601. The van der Waals surface area contributed by atoms with Crippen LogP contribution >= 0.6 is 11.3 Å². The Balaban J connectivity index is 1.66. The molecule has 1 fully saturated rings. The van der Waals surface area contributed by atoms with Gasteiger partial charge in [-0.05, 0) is 25.3 Å². The number of pyridine rings is 1. The van der Waals surface area contributed by atoms with Gasteiger partial charge in [0.2, 0.25) is 0 Å². The maximum absolute atomic E-state index is 8.91. The lowest BCUT2D eigenvalue weighted by atomic mass is 9.95. The molecule has 0 radical (unpaired) electrons. The van der Waals surface area contributed by atoms with Crippen molar-refractivity contribution in [2.45, 2.75) is 32.7 Å². The highest BCUT2D eigenvalue weighted by molar-refractivity contribution is 7.13. The van der Waals surface area contributed by atoms with Gasteiger partial charge in [0.05, 0.1) is 17.3 Å². The number of thiazole rings is 1. The van der Waals surface area contributed by atoms with Crippen molar-refractivity contribution in [3.8, 4) is 16.6 Å². The van der Waals surface area contributed by atoms with Crippen LogP contribution < -0.4 is 5.32 Å². The number of H-pyrrole nitrogens is 1. The Labute approximate surface area is 163 Å². The van der Waals surface area contributed by atoms with Crippen LogP contribution in [0.3, 0.4) is 0 Å². The fourth-order valence-corrected chi connectivity index (χ4v) is 4.78. The molecule has 0 unspecified atom stereocenters. The summed E-state index contributed by atoms with van der Waals surface area (Å²) in [6.45, 7) is 7.17. The Morgan fingerprint density at radius 1 is 1.44 bits per heavy atom. The van der Waals surface area contributed by atoms with Crippen molar-refractivity contribution in [2.24, 2.45) is 5.92 Å². The first-order valence-corrected chi connectivity index (χ1v) is 10.3. The van der Waals surface area contributed by atoms with Crippen LogP contribution in [0.1, 0.15) is 25.5 Å². The molecule has 3 aromatic heterocycles. The van der Waals surface area contributed by atoms with Crippen LogP contribution in [0, 0.1) is 24.2 Å². The number of fused-ring (bicyclic) bond motifs is 1. The molecule has 0 aromatic carbocycles. The van der Waals surface area contributed by atoms with Gasteiger partial charge >= 0.3 is 0 Å². The Hall–Kier alpha value is -2.43. The van der Waals surface area contributed by atoms with Gasteiger partial charge in [0.25, 0.3) is 0 Å². The summed E-state index contributed by atoms with van der Waals surface area (Å²) < 4.78 is 0. The van der Waals surface area contributed by atoms with E-state index in [-0.39, 0.29) is 0 Å². The summed E-state index contributed by atoms with van der Waals surface area (Å²) in [6, 6.07) is 4.68. The molecular weight excluding hydrogens is 356 g/mol. The van der Waals surface area contributed by atoms with Crippen molar-refractivity contribution >= 4 is 28.1 Å². The second kappa shape index (κ2) is 7.67. The highest BCUT2D eigenvalue weighted by Gasteiger charge is 2.26. The number of aryl methyl sites for hydroxylation is 1. The standard InChI is InChI=1S/C20H24N6S/c1-13-8-15(11-26(10-13)7-3-5-21)25-18-16-4-6-22-19(16)23-9-17(18)20-24-14(2)12-27-20/h4,6,9,12-13,15H,3,7-8,10-11H2,1-2H3,(H2,22,23,25)/t13-,15+/m0/s1. The molecule has 1 aliphatic rings. The molecule has 2 N–H and O–H groups in total. The second-order valence-electron chi connectivity index (χ2n) is 7.43. The summed E-state index contributed by atoms with van der Waals surface area (Å²) in [6.07, 6.45) is 5.55. The first kappa shape index (κ1) is 18.0. The van der Waals surface area contributed by atoms with Crippen LogP contribution in [-0.2, 0) is 0 Å². The molecule has 1 aliphatic heterocycles. The summed E-state index contributed by atoms with van der Waals surface area (Å²) >= 11 is 1.65. The van der Waals surface area contributed by atoms with Gasteiger partial charge in [0, 0.05) is 61.0 Å². The van der Waals surface area contributed by atoms with Gasteiger partial charge in [-0.3, -0.25) is 0 Å². The molecule has 0 saturated carbocycles. The van der Waals surface area contributed by atoms with Crippen LogP contribution in [0.2, 0.25) is 0 Å². The zero-order chi connectivity index (χ0) is 18.8. The highest BCUT2D eigenvalue weighted by atomic mass is 32.1. The number of rotatable bonds is 5. The molecule has 6 nitrogen and oxygen atoms in total. The van der Waals surface area contributed by atoms with Crippen molar-refractivity contribution in [2.75, 3.05) is 25.0 Å². The Bertz CT molecular complexity index is 968. The molecule has 0 amide bonds. The van der Waals surface area contributed by atoms with Crippen LogP contribution in [0.25, 0.3) is 21.6 Å². The van der Waals surface area contributed by atoms with Crippen LogP contribution in [0.15, 0.2) is 23.8 Å². The minimum atomic E-state index is 0.341. The van der Waals surface area contributed by atoms with Crippen molar-refractivity contribution in [3.63, 3.8) is 0 Å². The molecule has 4 heterocycles. The third kappa shape index (κ3) is 3.82. The van der Waals surface area contributed by atoms with E-state index in [0.29, 0.717) is 18.4 Å². The third-order valence-corrected chi connectivity index (χ3v) is 6.05. The van der Waals surface area contributed by atoms with Crippen molar-refractivity contribution < 1.29 is 0 Å². The van der Waals surface area contributed by atoms with Gasteiger partial charge in [0.15, 0.2) is 0 Å². The summed E-state index contributed by atoms with van der Waals surface area (Å²) in [5, 5.41) is 16.9. The SMILES string of the molecule is Cc1csc(-c2cnc3[nH]ccc3c2N[C@@H]2C[C@H](C)CN(CCC#N)C2)n1. The molecular formula is C20H24N6S. The molecule has 0 bridgehead atoms. The Morgan fingerprint density at radius 3 is 3.11 bits per heavy atom. The van der Waals surface area contributed by atoms with Gasteiger partial charge in [-0.15, -0.1) is 11.3 Å². The maximum Gasteiger partial charge on any atom is 0.139 e. The smallest absolute Gasteiger partial charge is 0.139 e. The predicted octanol–water partition coefficient (Wildman–Crippen LogP) is 4.03. The predicted molar refractivity (Wildman–Crippen MR) is 110 cm³/mol. The average molecular weight is 381 g/mol. The number of anilines is 1. The lowest BCUT2D eigenvalue weighted by molar-refractivity contribution is 0.175. The average Bonchev–Trinajstić information content (AvgIpc) is 3.29. The van der Waals surface area contributed by atoms with E-state index in [0.717, 1.165) is 59.0 Å². The highest BCUT2D eigenvalue weighted by Crippen LogP contribution is 2.36. The largest absolute Gasteiger partial charge is 0.380 e. The summed E-state index contributed by atoms with van der Waals surface area (Å²) in [7, 11) is 0. The zero-order valence-corrected chi connectivity index (χ0v) is 16.5. The number of nitrogens with zero attached hydrogens (tertiary/aromatic N) is 4. The minimum absolute atomic E-state index is 0.341. The normalized spacial score (nSPS) is 20.6. The van der Waals surface area contributed by atoms with E-state index in [1.807, 2.05) is 19.3 Å². The number of likely N-dealkylation sites (tertiary alicyclic amines) is 1. The fourth-order valence-electron chi connectivity index (χ4n) is 3.96. The van der Waals surface area contributed by atoms with E-state index in [4.69, 9.17) is 5.26 Å². The first-order valence-electron chi connectivity index (χ1n) is 9.38. The molecule has 140 valence electrons. The van der Waals surface area contributed by atoms with E-state index in [1.54, 1.807) is 11.3 Å². The number of nitriles is 1. The molecule has 0 aliphatic carbocycles. The van der Waals surface area contributed by atoms with Crippen molar-refractivity contribution in [3.05, 3.63) is 29.5 Å². The van der Waals surface area contributed by atoms with Crippen molar-refractivity contribution in [1.29, 1.82) is 5.26 Å². The Morgan fingerprint density at radius 2 is 2.33 bits per heavy atom. The molecule has 4 rings (SSSR count). The Kier molecular flexibility index (Phi) is 5.10. The van der Waals surface area contributed by atoms with E-state index in [9.17, 15) is 0 Å². The van der Waals surface area contributed by atoms with E-state index in [1.165, 1.54) is 0 Å². The van der Waals surface area contributed by atoms with E-state index >= 15 is 0 Å². The molecule has 0 spiro atoms. The quantitative estimate of drug-likeness (QED) is 0.698. The molecule has 1 saturated heterocycles. The number of nitrogens with one attached hydrogen (secondary N) is 2. The number of hydrogen-bond acceptors (Lipinski definition) is 6. The second-order valence-corrected chi connectivity index (χ2v) is 8.29. The van der Waals surface area contributed by atoms with Crippen molar-refractivity contribution in [1.82, 2.24) is 19.9 Å². The lowest BCUT2D eigenvalue weighted by Crippen LogP contribution is -2.45. The maximum atomic E-state index is 8.91. The molecule has 27 heavy (non-hydrogen) atoms. The summed E-state index contributed by atoms with van der Waals surface area (Å²) in [4.78, 5) is 14.9. The third-order valence-electron chi connectivity index (χ3n) is 5.06. The van der Waals surface area contributed by atoms with Gasteiger partial charge in [0.1, 0.15) is 10.7 Å². The fraction of sp³-hybridized carbons (Fsp3) is 0.450. The number of aromatic amines is 1. The van der Waals surface area contributed by atoms with Crippen LogP contribution in [0.4, 0.5) is 5.69 Å². The zero-order valence-electron chi connectivity index (χ0n) is 15.7. The number of hydrogen-bond donors (Lipinski definition) is 2. The van der Waals surface area contributed by atoms with Crippen LogP contribution in [0.5, 0.6) is 0 Å². The van der Waals surface area contributed by atoms with Crippen LogP contribution in [-0.4, -0.2) is 45.5 Å². The monoisotopic (exact) mass is 380 g/mol. The first-order chi connectivity index (χ1) is 13.1. The molecule has 3 aromatic rings.